The molecule has 0 atom stereocenters. The van der Waals surface area contributed by atoms with Gasteiger partial charge >= 0.3 is 0 Å². The third-order valence-electron chi connectivity index (χ3n) is 2.71. The monoisotopic (exact) mass is 245 g/mol. The molecule has 96 valence electrons. The molecule has 0 radical (unpaired) electrons. The van der Waals surface area contributed by atoms with Crippen LogP contribution in [0.5, 0.6) is 5.75 Å². The van der Waals surface area contributed by atoms with Crippen LogP contribution in [0.1, 0.15) is 13.8 Å². The number of benzene rings is 1. The van der Waals surface area contributed by atoms with Crippen molar-refractivity contribution in [3.8, 4) is 17.0 Å². The summed E-state index contributed by atoms with van der Waals surface area (Å²) in [5, 5.41) is 4.53. The van der Waals surface area contributed by atoms with Crippen LogP contribution < -0.4 is 10.5 Å². The van der Waals surface area contributed by atoms with Crippen LogP contribution in [0.25, 0.3) is 11.3 Å². The van der Waals surface area contributed by atoms with Crippen molar-refractivity contribution in [1.29, 1.82) is 0 Å². The Morgan fingerprint density at radius 1 is 1.28 bits per heavy atom. The molecule has 4 heteroatoms. The van der Waals surface area contributed by atoms with Crippen molar-refractivity contribution in [2.45, 2.75) is 20.4 Å². The fourth-order valence-corrected chi connectivity index (χ4v) is 1.88. The number of nitrogen functional groups attached to an aromatic ring is 1. The van der Waals surface area contributed by atoms with E-state index in [9.17, 15) is 0 Å². The molecule has 2 N–H and O–H groups in total. The number of anilines is 1. The number of methoxy groups -OCH3 is 1. The van der Waals surface area contributed by atoms with Crippen molar-refractivity contribution < 1.29 is 4.74 Å². The van der Waals surface area contributed by atoms with E-state index in [1.54, 1.807) is 7.11 Å². The minimum absolute atomic E-state index is 0.549. The Balaban J connectivity index is 2.29. The smallest absolute Gasteiger partial charge is 0.118 e. The van der Waals surface area contributed by atoms with Crippen LogP contribution in [0.15, 0.2) is 30.5 Å². The Bertz CT molecular complexity index is 514. The molecule has 1 aromatic carbocycles. The van der Waals surface area contributed by atoms with Gasteiger partial charge in [-0.05, 0) is 30.2 Å². The van der Waals surface area contributed by atoms with Gasteiger partial charge in [-0.15, -0.1) is 0 Å². The summed E-state index contributed by atoms with van der Waals surface area (Å²) in [6, 6.07) is 7.76. The lowest BCUT2D eigenvalue weighted by Gasteiger charge is -2.04. The van der Waals surface area contributed by atoms with E-state index in [0.717, 1.165) is 23.6 Å². The van der Waals surface area contributed by atoms with Crippen molar-refractivity contribution in [3.63, 3.8) is 0 Å². The summed E-state index contributed by atoms with van der Waals surface area (Å²) in [4.78, 5) is 0. The molecule has 0 saturated heterocycles. The quantitative estimate of drug-likeness (QED) is 0.901. The van der Waals surface area contributed by atoms with E-state index in [2.05, 4.69) is 18.9 Å². The number of ether oxygens (including phenoxy) is 1. The molecular formula is C14H19N3O. The van der Waals surface area contributed by atoms with Crippen LogP contribution in [-0.2, 0) is 6.54 Å². The zero-order chi connectivity index (χ0) is 13.1. The van der Waals surface area contributed by atoms with Crippen LogP contribution >= 0.6 is 0 Å². The zero-order valence-electron chi connectivity index (χ0n) is 11.1. The molecule has 0 saturated carbocycles. The zero-order valence-corrected chi connectivity index (χ0v) is 11.1. The first-order valence-electron chi connectivity index (χ1n) is 6.07. The van der Waals surface area contributed by atoms with Gasteiger partial charge in [-0.1, -0.05) is 13.8 Å². The third-order valence-corrected chi connectivity index (χ3v) is 2.71. The minimum atomic E-state index is 0.549. The van der Waals surface area contributed by atoms with Crippen molar-refractivity contribution in [2.24, 2.45) is 5.92 Å². The predicted molar refractivity (Wildman–Crippen MR) is 73.5 cm³/mol. The van der Waals surface area contributed by atoms with Gasteiger partial charge in [-0.25, -0.2) is 0 Å². The Morgan fingerprint density at radius 2 is 1.94 bits per heavy atom. The number of nitrogens with two attached hydrogens (primary N) is 1. The lowest BCUT2D eigenvalue weighted by molar-refractivity contribution is 0.415. The van der Waals surface area contributed by atoms with Crippen LogP contribution in [0.3, 0.4) is 0 Å². The highest BCUT2D eigenvalue weighted by molar-refractivity contribution is 5.72. The largest absolute Gasteiger partial charge is 0.497 e. The molecule has 0 aliphatic rings. The first-order chi connectivity index (χ1) is 8.60. The number of aromatic nitrogens is 2. The second kappa shape index (κ2) is 5.12. The lowest BCUT2D eigenvalue weighted by Crippen LogP contribution is -2.04. The fourth-order valence-electron chi connectivity index (χ4n) is 1.88. The number of hydrogen-bond donors (Lipinski definition) is 1. The summed E-state index contributed by atoms with van der Waals surface area (Å²) in [5.74, 6) is 1.38. The summed E-state index contributed by atoms with van der Waals surface area (Å²) >= 11 is 0. The molecule has 18 heavy (non-hydrogen) atoms. The first kappa shape index (κ1) is 12.5. The molecule has 0 fully saturated rings. The van der Waals surface area contributed by atoms with Gasteiger partial charge in [0.15, 0.2) is 0 Å². The number of nitrogens with zero attached hydrogens (tertiary/aromatic N) is 2. The summed E-state index contributed by atoms with van der Waals surface area (Å²) in [5.41, 5.74) is 8.56. The van der Waals surface area contributed by atoms with Crippen LogP contribution in [-0.4, -0.2) is 16.9 Å². The highest BCUT2D eigenvalue weighted by Crippen LogP contribution is 2.26. The molecule has 1 aromatic heterocycles. The maximum atomic E-state index is 6.01. The summed E-state index contributed by atoms with van der Waals surface area (Å²) < 4.78 is 7.04. The average molecular weight is 245 g/mol. The molecule has 2 aromatic rings. The van der Waals surface area contributed by atoms with E-state index in [-0.39, 0.29) is 0 Å². The Morgan fingerprint density at radius 3 is 2.50 bits per heavy atom. The molecule has 0 amide bonds. The van der Waals surface area contributed by atoms with Crippen LogP contribution in [0, 0.1) is 5.92 Å². The molecule has 0 spiro atoms. The summed E-state index contributed by atoms with van der Waals surface area (Å²) in [7, 11) is 1.65. The maximum absolute atomic E-state index is 6.01. The molecule has 0 bridgehead atoms. The van der Waals surface area contributed by atoms with Gasteiger partial charge in [0.25, 0.3) is 0 Å². The van der Waals surface area contributed by atoms with Gasteiger partial charge in [0.2, 0.25) is 0 Å². The van der Waals surface area contributed by atoms with E-state index in [4.69, 9.17) is 10.5 Å². The van der Waals surface area contributed by atoms with E-state index >= 15 is 0 Å². The van der Waals surface area contributed by atoms with Gasteiger partial charge in [-0.3, -0.25) is 4.68 Å². The van der Waals surface area contributed by atoms with Crippen molar-refractivity contribution in [3.05, 3.63) is 30.5 Å². The standard InChI is InChI=1S/C14H19N3O/c1-10(2)8-17-9-13(15)14(16-17)11-4-6-12(18-3)7-5-11/h4-7,9-10H,8,15H2,1-3H3. The molecule has 1 heterocycles. The molecule has 4 nitrogen and oxygen atoms in total. The average Bonchev–Trinajstić information content (AvgIpc) is 2.69. The topological polar surface area (TPSA) is 53.1 Å². The number of hydrogen-bond acceptors (Lipinski definition) is 3. The van der Waals surface area contributed by atoms with E-state index in [1.807, 2.05) is 35.1 Å². The third kappa shape index (κ3) is 2.64. The highest BCUT2D eigenvalue weighted by atomic mass is 16.5. The SMILES string of the molecule is COc1ccc(-c2nn(CC(C)C)cc2N)cc1. The Kier molecular flexibility index (Phi) is 3.55. The van der Waals surface area contributed by atoms with E-state index in [1.165, 1.54) is 0 Å². The maximum Gasteiger partial charge on any atom is 0.118 e. The molecule has 2 rings (SSSR count). The fraction of sp³-hybridized carbons (Fsp3) is 0.357. The van der Waals surface area contributed by atoms with Gasteiger partial charge in [0, 0.05) is 18.3 Å². The van der Waals surface area contributed by atoms with Crippen molar-refractivity contribution in [2.75, 3.05) is 12.8 Å². The van der Waals surface area contributed by atoms with Crippen LogP contribution in [0.4, 0.5) is 5.69 Å². The lowest BCUT2D eigenvalue weighted by atomic mass is 10.1. The van der Waals surface area contributed by atoms with Gasteiger partial charge in [-0.2, -0.15) is 5.10 Å². The van der Waals surface area contributed by atoms with E-state index < -0.39 is 0 Å². The van der Waals surface area contributed by atoms with Crippen molar-refractivity contribution >= 4 is 5.69 Å². The van der Waals surface area contributed by atoms with Gasteiger partial charge in [0.05, 0.1) is 12.8 Å². The number of rotatable bonds is 4. The second-order valence-corrected chi connectivity index (χ2v) is 4.78. The molecule has 0 aliphatic carbocycles. The highest BCUT2D eigenvalue weighted by Gasteiger charge is 2.09. The van der Waals surface area contributed by atoms with E-state index in [0.29, 0.717) is 11.6 Å². The normalized spacial score (nSPS) is 10.9. The van der Waals surface area contributed by atoms with Gasteiger partial charge in [0.1, 0.15) is 11.4 Å². The van der Waals surface area contributed by atoms with Gasteiger partial charge < -0.3 is 10.5 Å². The first-order valence-corrected chi connectivity index (χ1v) is 6.07. The Hall–Kier alpha value is -1.97. The molecule has 0 aliphatic heterocycles. The minimum Gasteiger partial charge on any atom is -0.497 e. The molecule has 0 unspecified atom stereocenters. The molecular weight excluding hydrogens is 226 g/mol. The van der Waals surface area contributed by atoms with Crippen LogP contribution in [0.2, 0.25) is 0 Å². The summed E-state index contributed by atoms with van der Waals surface area (Å²) in [6.07, 6.45) is 1.89. The second-order valence-electron chi connectivity index (χ2n) is 4.78. The Labute approximate surface area is 107 Å². The van der Waals surface area contributed by atoms with Crippen molar-refractivity contribution in [1.82, 2.24) is 9.78 Å². The summed E-state index contributed by atoms with van der Waals surface area (Å²) in [6.45, 7) is 5.19. The predicted octanol–water partition coefficient (Wildman–Crippen LogP) is 2.80.